The van der Waals surface area contributed by atoms with Crippen LogP contribution in [0, 0.1) is 16.7 Å². The number of esters is 1. The van der Waals surface area contributed by atoms with E-state index in [1.807, 2.05) is 41.5 Å². The van der Waals surface area contributed by atoms with E-state index in [1.54, 1.807) is 0 Å². The zero-order valence-electron chi connectivity index (χ0n) is 22.9. The van der Waals surface area contributed by atoms with Crippen LogP contribution in [0.3, 0.4) is 0 Å². The maximum absolute atomic E-state index is 12.4. The number of carbonyl (C=O) groups excluding carboxylic acids is 5. The quantitative estimate of drug-likeness (QED) is 0.196. The number of nitrogens with zero attached hydrogens (tertiary/aromatic N) is 1. The molecule has 0 saturated carbocycles. The van der Waals surface area contributed by atoms with E-state index in [2.05, 4.69) is 10.6 Å². The molecule has 0 aliphatic carbocycles. The van der Waals surface area contributed by atoms with Gasteiger partial charge in [0.05, 0.1) is 12.5 Å². The van der Waals surface area contributed by atoms with Gasteiger partial charge in [-0.2, -0.15) is 0 Å². The van der Waals surface area contributed by atoms with Gasteiger partial charge in [0.2, 0.25) is 23.6 Å². The number of nitrogens with one attached hydrogen (secondary N) is 2. The van der Waals surface area contributed by atoms with Crippen molar-refractivity contribution in [2.45, 2.75) is 80.1 Å². The Hall–Kier alpha value is -2.49. The molecular formula is C26H45N3O7. The standard InChI is InChI=1S/C26H45N3O7/c1-25(2,3)18-21(31)28-11-7-9-23(33)36-16-15-35-14-8-12-27-20(30)10-13-29-22(32)17-19(24(29)34)26(4,5)6/h19H,7-18H2,1-6H3,(H,27,30)(H,28,31). The van der Waals surface area contributed by atoms with Crippen LogP contribution >= 0.6 is 0 Å². The van der Waals surface area contributed by atoms with Crippen molar-refractivity contribution in [3.8, 4) is 0 Å². The minimum absolute atomic E-state index is 0.0218. The SMILES string of the molecule is CC(C)(C)CC(=O)NCCCC(=O)OCCOCCCNC(=O)CCN1C(=O)CC(C(C)(C)C)C1=O. The first kappa shape index (κ1) is 31.5. The van der Waals surface area contributed by atoms with Gasteiger partial charge in [-0.1, -0.05) is 41.5 Å². The number of ether oxygens (including phenoxy) is 2. The molecule has 10 heteroatoms. The number of amides is 4. The van der Waals surface area contributed by atoms with Gasteiger partial charge in [0, 0.05) is 51.9 Å². The van der Waals surface area contributed by atoms with Gasteiger partial charge in [-0.05, 0) is 23.7 Å². The summed E-state index contributed by atoms with van der Waals surface area (Å²) >= 11 is 0. The van der Waals surface area contributed by atoms with Gasteiger partial charge in [-0.25, -0.2) is 0 Å². The van der Waals surface area contributed by atoms with Gasteiger partial charge in [-0.15, -0.1) is 0 Å². The monoisotopic (exact) mass is 511 g/mol. The number of imide groups is 1. The molecule has 1 saturated heterocycles. The molecule has 0 spiro atoms. The van der Waals surface area contributed by atoms with E-state index in [9.17, 15) is 24.0 Å². The second-order valence-corrected chi connectivity index (χ2v) is 11.5. The van der Waals surface area contributed by atoms with Gasteiger partial charge in [0.1, 0.15) is 6.61 Å². The molecule has 1 unspecified atom stereocenters. The first-order valence-electron chi connectivity index (χ1n) is 12.8. The molecule has 0 aromatic heterocycles. The van der Waals surface area contributed by atoms with Crippen molar-refractivity contribution in [3.63, 3.8) is 0 Å². The van der Waals surface area contributed by atoms with E-state index < -0.39 is 0 Å². The van der Waals surface area contributed by atoms with Crippen LogP contribution in [0.25, 0.3) is 0 Å². The molecule has 1 aliphatic rings. The average molecular weight is 512 g/mol. The molecule has 0 aromatic carbocycles. The van der Waals surface area contributed by atoms with E-state index in [1.165, 1.54) is 4.90 Å². The fraction of sp³-hybridized carbons (Fsp3) is 0.808. The van der Waals surface area contributed by atoms with Gasteiger partial charge >= 0.3 is 5.97 Å². The highest BCUT2D eigenvalue weighted by atomic mass is 16.6. The van der Waals surface area contributed by atoms with Crippen LogP contribution in [0.15, 0.2) is 0 Å². The molecule has 10 nitrogen and oxygen atoms in total. The predicted molar refractivity (Wildman–Crippen MR) is 135 cm³/mol. The van der Waals surface area contributed by atoms with Gasteiger partial charge in [0.15, 0.2) is 0 Å². The molecule has 1 heterocycles. The van der Waals surface area contributed by atoms with E-state index in [0.717, 1.165) is 0 Å². The number of hydrogen-bond donors (Lipinski definition) is 2. The average Bonchev–Trinajstić information content (AvgIpc) is 3.04. The molecular weight excluding hydrogens is 466 g/mol. The highest BCUT2D eigenvalue weighted by Crippen LogP contribution is 2.35. The van der Waals surface area contributed by atoms with E-state index in [-0.39, 0.29) is 85.4 Å². The molecule has 0 radical (unpaired) electrons. The van der Waals surface area contributed by atoms with Crippen LogP contribution in [-0.4, -0.2) is 74.0 Å². The van der Waals surface area contributed by atoms with Crippen LogP contribution in [0.2, 0.25) is 0 Å². The van der Waals surface area contributed by atoms with Crippen molar-refractivity contribution in [1.29, 1.82) is 0 Å². The summed E-state index contributed by atoms with van der Waals surface area (Å²) in [6.45, 7) is 13.5. The van der Waals surface area contributed by atoms with E-state index >= 15 is 0 Å². The number of carbonyl (C=O) groups is 5. The maximum atomic E-state index is 12.4. The topological polar surface area (TPSA) is 131 Å². The zero-order valence-corrected chi connectivity index (χ0v) is 22.9. The Balaban J connectivity index is 2.01. The van der Waals surface area contributed by atoms with Gasteiger partial charge < -0.3 is 20.1 Å². The highest BCUT2D eigenvalue weighted by Gasteiger charge is 2.44. The molecule has 1 atom stereocenters. The lowest BCUT2D eigenvalue weighted by Crippen LogP contribution is -2.37. The third-order valence-electron chi connectivity index (χ3n) is 5.70. The first-order valence-corrected chi connectivity index (χ1v) is 12.8. The minimum Gasteiger partial charge on any atom is -0.463 e. The second kappa shape index (κ2) is 14.9. The Morgan fingerprint density at radius 1 is 0.889 bits per heavy atom. The molecule has 2 N–H and O–H groups in total. The van der Waals surface area contributed by atoms with Crippen LogP contribution in [0.1, 0.15) is 80.1 Å². The van der Waals surface area contributed by atoms with Crippen molar-refractivity contribution >= 4 is 29.6 Å². The van der Waals surface area contributed by atoms with Crippen LogP contribution in [-0.2, 0) is 33.4 Å². The Bertz CT molecular complexity index is 768. The van der Waals surface area contributed by atoms with Crippen molar-refractivity contribution in [1.82, 2.24) is 15.5 Å². The molecule has 206 valence electrons. The lowest BCUT2D eigenvalue weighted by atomic mass is 9.80. The summed E-state index contributed by atoms with van der Waals surface area (Å²) in [4.78, 5) is 61.2. The van der Waals surface area contributed by atoms with Gasteiger partial charge in [-0.3, -0.25) is 28.9 Å². The first-order chi connectivity index (χ1) is 16.7. The Morgan fingerprint density at radius 2 is 1.53 bits per heavy atom. The maximum Gasteiger partial charge on any atom is 0.305 e. The number of rotatable bonds is 15. The molecule has 1 rings (SSSR count). The minimum atomic E-state index is -0.337. The van der Waals surface area contributed by atoms with Crippen molar-refractivity contribution in [3.05, 3.63) is 0 Å². The van der Waals surface area contributed by atoms with Crippen molar-refractivity contribution in [2.75, 3.05) is 39.5 Å². The lowest BCUT2D eigenvalue weighted by molar-refractivity contribution is -0.145. The predicted octanol–water partition coefficient (Wildman–Crippen LogP) is 2.20. The molecule has 1 fully saturated rings. The normalized spacial score (nSPS) is 16.3. The lowest BCUT2D eigenvalue weighted by Gasteiger charge is -2.24. The number of hydrogen-bond acceptors (Lipinski definition) is 7. The molecule has 4 amide bonds. The summed E-state index contributed by atoms with van der Waals surface area (Å²) < 4.78 is 10.5. The highest BCUT2D eigenvalue weighted by molar-refractivity contribution is 6.04. The zero-order chi connectivity index (χ0) is 27.4. The molecule has 1 aliphatic heterocycles. The van der Waals surface area contributed by atoms with Crippen molar-refractivity contribution in [2.24, 2.45) is 16.7 Å². The third-order valence-corrected chi connectivity index (χ3v) is 5.70. The number of likely N-dealkylation sites (tertiary alicyclic amines) is 1. The second-order valence-electron chi connectivity index (χ2n) is 11.5. The van der Waals surface area contributed by atoms with E-state index in [0.29, 0.717) is 39.0 Å². The Kier molecular flexibility index (Phi) is 13.1. The fourth-order valence-corrected chi connectivity index (χ4v) is 3.69. The largest absolute Gasteiger partial charge is 0.463 e. The third kappa shape index (κ3) is 13.0. The Morgan fingerprint density at radius 3 is 2.14 bits per heavy atom. The van der Waals surface area contributed by atoms with E-state index in [4.69, 9.17) is 9.47 Å². The van der Waals surface area contributed by atoms with Crippen LogP contribution in [0.5, 0.6) is 0 Å². The van der Waals surface area contributed by atoms with Gasteiger partial charge in [0.25, 0.3) is 0 Å². The molecule has 0 bridgehead atoms. The fourth-order valence-electron chi connectivity index (χ4n) is 3.69. The van der Waals surface area contributed by atoms with Crippen molar-refractivity contribution < 1.29 is 33.4 Å². The summed E-state index contributed by atoms with van der Waals surface area (Å²) in [5.74, 6) is -1.33. The summed E-state index contributed by atoms with van der Waals surface area (Å²) in [6, 6.07) is 0. The van der Waals surface area contributed by atoms with Crippen LogP contribution < -0.4 is 10.6 Å². The summed E-state index contributed by atoms with van der Waals surface area (Å²) in [6.07, 6.45) is 2.05. The summed E-state index contributed by atoms with van der Waals surface area (Å²) in [5, 5.41) is 5.55. The molecule has 0 aromatic rings. The molecule has 36 heavy (non-hydrogen) atoms. The smallest absolute Gasteiger partial charge is 0.305 e. The van der Waals surface area contributed by atoms with Crippen LogP contribution in [0.4, 0.5) is 0 Å². The summed E-state index contributed by atoms with van der Waals surface area (Å²) in [7, 11) is 0. The Labute approximate surface area is 215 Å². The summed E-state index contributed by atoms with van der Waals surface area (Å²) in [5.41, 5.74) is -0.353.